The summed E-state index contributed by atoms with van der Waals surface area (Å²) in [4.78, 5) is 0.233. The van der Waals surface area contributed by atoms with Crippen molar-refractivity contribution in [3.05, 3.63) is 18.2 Å². The Morgan fingerprint density at radius 2 is 1.81 bits per heavy atom. The van der Waals surface area contributed by atoms with Gasteiger partial charge in [-0.25, -0.2) is 8.42 Å². The summed E-state index contributed by atoms with van der Waals surface area (Å²) in [5, 5.41) is 3.19. The van der Waals surface area contributed by atoms with E-state index in [0.29, 0.717) is 31.1 Å². The Morgan fingerprint density at radius 1 is 1.10 bits per heavy atom. The second-order valence-electron chi connectivity index (χ2n) is 4.52. The third-order valence-electron chi connectivity index (χ3n) is 3.29. The molecule has 1 heterocycles. The van der Waals surface area contributed by atoms with Gasteiger partial charge in [-0.05, 0) is 25.1 Å². The van der Waals surface area contributed by atoms with Crippen LogP contribution in [0.2, 0.25) is 0 Å². The van der Waals surface area contributed by atoms with Gasteiger partial charge in [-0.3, -0.25) is 0 Å². The lowest BCUT2D eigenvalue weighted by atomic mass is 10.3. The molecule has 0 amide bonds. The Labute approximate surface area is 131 Å². The number of benzene rings is 1. The van der Waals surface area contributed by atoms with Crippen LogP contribution in [0.1, 0.15) is 6.42 Å². The second-order valence-corrected chi connectivity index (χ2v) is 6.46. The average molecular weight is 337 g/mol. The molecule has 0 aromatic heterocycles. The Bertz CT molecular complexity index is 557. The number of halogens is 1. The first-order valence-corrected chi connectivity index (χ1v) is 7.96. The maximum absolute atomic E-state index is 12.6. The topological polar surface area (TPSA) is 67.9 Å². The Hall–Kier alpha value is -1.02. The van der Waals surface area contributed by atoms with Gasteiger partial charge >= 0.3 is 0 Å². The molecule has 1 saturated heterocycles. The van der Waals surface area contributed by atoms with Crippen molar-refractivity contribution in [3.63, 3.8) is 0 Å². The summed E-state index contributed by atoms with van der Waals surface area (Å²) < 4.78 is 37.0. The van der Waals surface area contributed by atoms with Gasteiger partial charge in [0.05, 0.1) is 19.1 Å². The first kappa shape index (κ1) is 18.0. The zero-order valence-corrected chi connectivity index (χ0v) is 13.8. The second kappa shape index (κ2) is 7.84. The molecule has 21 heavy (non-hydrogen) atoms. The first-order chi connectivity index (χ1) is 9.59. The maximum Gasteiger partial charge on any atom is 0.243 e. The van der Waals surface area contributed by atoms with Gasteiger partial charge in [-0.1, -0.05) is 0 Å². The molecule has 2 rings (SSSR count). The highest BCUT2D eigenvalue weighted by Gasteiger charge is 2.26. The first-order valence-electron chi connectivity index (χ1n) is 6.52. The SMILES string of the molecule is COc1ccc(S(=O)(=O)N2CCCNCC2)cc1OC.Cl. The van der Waals surface area contributed by atoms with Crippen LogP contribution in [0.5, 0.6) is 11.5 Å². The minimum Gasteiger partial charge on any atom is -0.493 e. The molecule has 0 radical (unpaired) electrons. The summed E-state index contributed by atoms with van der Waals surface area (Å²) in [6.45, 7) is 2.53. The van der Waals surface area contributed by atoms with Crippen LogP contribution >= 0.6 is 12.4 Å². The highest BCUT2D eigenvalue weighted by molar-refractivity contribution is 7.89. The number of hydrogen-bond acceptors (Lipinski definition) is 5. The van der Waals surface area contributed by atoms with E-state index >= 15 is 0 Å². The maximum atomic E-state index is 12.6. The van der Waals surface area contributed by atoms with Crippen molar-refractivity contribution in [1.82, 2.24) is 9.62 Å². The normalized spacial score (nSPS) is 16.7. The van der Waals surface area contributed by atoms with E-state index in [4.69, 9.17) is 9.47 Å². The lowest BCUT2D eigenvalue weighted by molar-refractivity contribution is 0.353. The lowest BCUT2D eigenvalue weighted by Gasteiger charge is -2.20. The smallest absolute Gasteiger partial charge is 0.243 e. The van der Waals surface area contributed by atoms with Crippen molar-refractivity contribution in [2.45, 2.75) is 11.3 Å². The molecule has 8 heteroatoms. The number of rotatable bonds is 4. The van der Waals surface area contributed by atoms with E-state index < -0.39 is 10.0 Å². The number of sulfonamides is 1. The van der Waals surface area contributed by atoms with Gasteiger partial charge in [0.15, 0.2) is 11.5 Å². The summed E-state index contributed by atoms with van der Waals surface area (Å²) >= 11 is 0. The van der Waals surface area contributed by atoms with Gasteiger partial charge in [-0.2, -0.15) is 4.31 Å². The molecule has 1 aromatic carbocycles. The van der Waals surface area contributed by atoms with Gasteiger partial charge < -0.3 is 14.8 Å². The molecule has 1 aromatic rings. The fourth-order valence-electron chi connectivity index (χ4n) is 2.19. The predicted molar refractivity (Wildman–Crippen MR) is 83.0 cm³/mol. The van der Waals surface area contributed by atoms with Crippen molar-refractivity contribution in [2.75, 3.05) is 40.4 Å². The molecule has 1 aliphatic rings. The van der Waals surface area contributed by atoms with Crippen molar-refractivity contribution in [1.29, 1.82) is 0 Å². The summed E-state index contributed by atoms with van der Waals surface area (Å²) in [5.74, 6) is 0.936. The quantitative estimate of drug-likeness (QED) is 0.892. The van der Waals surface area contributed by atoms with Crippen LogP contribution in [-0.2, 0) is 10.0 Å². The van der Waals surface area contributed by atoms with E-state index in [1.54, 1.807) is 12.1 Å². The van der Waals surface area contributed by atoms with Crippen LogP contribution in [0.3, 0.4) is 0 Å². The minimum absolute atomic E-state index is 0. The number of nitrogens with zero attached hydrogens (tertiary/aromatic N) is 1. The van der Waals surface area contributed by atoms with Gasteiger partial charge in [-0.15, -0.1) is 12.4 Å². The van der Waals surface area contributed by atoms with Gasteiger partial charge in [0.2, 0.25) is 10.0 Å². The Balaban J connectivity index is 0.00000220. The molecule has 6 nitrogen and oxygen atoms in total. The molecule has 0 aliphatic carbocycles. The molecular weight excluding hydrogens is 316 g/mol. The zero-order valence-electron chi connectivity index (χ0n) is 12.2. The summed E-state index contributed by atoms with van der Waals surface area (Å²) in [6.07, 6.45) is 0.812. The molecule has 1 N–H and O–H groups in total. The average Bonchev–Trinajstić information content (AvgIpc) is 2.76. The van der Waals surface area contributed by atoms with Gasteiger partial charge in [0, 0.05) is 25.7 Å². The number of hydrogen-bond donors (Lipinski definition) is 1. The van der Waals surface area contributed by atoms with E-state index in [2.05, 4.69) is 5.32 Å². The summed E-state index contributed by atoms with van der Waals surface area (Å²) in [7, 11) is -0.475. The third kappa shape index (κ3) is 4.00. The van der Waals surface area contributed by atoms with Crippen molar-refractivity contribution in [2.24, 2.45) is 0 Å². The van der Waals surface area contributed by atoms with Crippen LogP contribution < -0.4 is 14.8 Å². The largest absolute Gasteiger partial charge is 0.493 e. The third-order valence-corrected chi connectivity index (χ3v) is 5.19. The van der Waals surface area contributed by atoms with Gasteiger partial charge in [0.1, 0.15) is 0 Å². The molecule has 0 atom stereocenters. The van der Waals surface area contributed by atoms with Crippen LogP contribution in [0.15, 0.2) is 23.1 Å². The van der Waals surface area contributed by atoms with Crippen LogP contribution in [0.4, 0.5) is 0 Å². The summed E-state index contributed by atoms with van der Waals surface area (Å²) in [6, 6.07) is 4.67. The van der Waals surface area contributed by atoms with Crippen LogP contribution in [0.25, 0.3) is 0 Å². The highest BCUT2D eigenvalue weighted by atomic mass is 35.5. The van der Waals surface area contributed by atoms with E-state index in [1.165, 1.54) is 24.6 Å². The van der Waals surface area contributed by atoms with Crippen molar-refractivity contribution < 1.29 is 17.9 Å². The lowest BCUT2D eigenvalue weighted by Crippen LogP contribution is -2.34. The van der Waals surface area contributed by atoms with Crippen molar-refractivity contribution in [3.8, 4) is 11.5 Å². The van der Waals surface area contributed by atoms with Gasteiger partial charge in [0.25, 0.3) is 0 Å². The minimum atomic E-state index is -3.49. The fourth-order valence-corrected chi connectivity index (χ4v) is 3.68. The number of nitrogens with one attached hydrogen (secondary N) is 1. The van der Waals surface area contributed by atoms with E-state index in [-0.39, 0.29) is 17.3 Å². The van der Waals surface area contributed by atoms with E-state index in [9.17, 15) is 8.42 Å². The molecule has 0 saturated carbocycles. The molecule has 0 bridgehead atoms. The molecule has 1 fully saturated rings. The molecule has 120 valence electrons. The Kier molecular flexibility index (Phi) is 6.73. The molecule has 1 aliphatic heterocycles. The van der Waals surface area contributed by atoms with Crippen LogP contribution in [-0.4, -0.2) is 53.1 Å². The summed E-state index contributed by atoms with van der Waals surface area (Å²) in [5.41, 5.74) is 0. The molecular formula is C13H21ClN2O4S. The Morgan fingerprint density at radius 3 is 2.48 bits per heavy atom. The fraction of sp³-hybridized carbons (Fsp3) is 0.538. The van der Waals surface area contributed by atoms with Crippen molar-refractivity contribution >= 4 is 22.4 Å². The van der Waals surface area contributed by atoms with Crippen LogP contribution in [0, 0.1) is 0 Å². The number of methoxy groups -OCH3 is 2. The molecule has 0 unspecified atom stereocenters. The van der Waals surface area contributed by atoms with E-state index in [0.717, 1.165) is 13.0 Å². The van der Waals surface area contributed by atoms with E-state index in [1.807, 2.05) is 0 Å². The standard InChI is InChI=1S/C13H20N2O4S.ClH/c1-18-12-5-4-11(10-13(12)19-2)20(16,17)15-8-3-6-14-7-9-15;/h4-5,10,14H,3,6-9H2,1-2H3;1H. The zero-order chi connectivity index (χ0) is 14.6. The predicted octanol–water partition coefficient (Wildman–Crippen LogP) is 1.11. The number of ether oxygens (including phenoxy) is 2. The monoisotopic (exact) mass is 336 g/mol. The molecule has 0 spiro atoms. The highest BCUT2D eigenvalue weighted by Crippen LogP contribution is 2.30.